The Balaban J connectivity index is 1.36. The molecule has 6 nitrogen and oxygen atoms in total. The average Bonchev–Trinajstić information content (AvgIpc) is 3.32. The van der Waals surface area contributed by atoms with Gasteiger partial charge in [0, 0.05) is 53.2 Å². The van der Waals surface area contributed by atoms with E-state index in [4.69, 9.17) is 4.74 Å². The van der Waals surface area contributed by atoms with Crippen molar-refractivity contribution in [2.24, 2.45) is 0 Å². The van der Waals surface area contributed by atoms with Crippen molar-refractivity contribution in [3.63, 3.8) is 0 Å². The summed E-state index contributed by atoms with van der Waals surface area (Å²) in [6, 6.07) is 9.74. The van der Waals surface area contributed by atoms with Crippen molar-refractivity contribution in [3.8, 4) is 16.9 Å². The summed E-state index contributed by atoms with van der Waals surface area (Å²) in [5.41, 5.74) is 6.41. The van der Waals surface area contributed by atoms with Gasteiger partial charge in [0.2, 0.25) is 0 Å². The summed E-state index contributed by atoms with van der Waals surface area (Å²) in [4.78, 5) is 4.69. The van der Waals surface area contributed by atoms with Gasteiger partial charge in [-0.15, -0.1) is 0 Å². The van der Waals surface area contributed by atoms with Gasteiger partial charge in [0.05, 0.1) is 19.0 Å². The first-order valence-corrected chi connectivity index (χ1v) is 10.9. The number of aromatic nitrogens is 3. The fourth-order valence-corrected chi connectivity index (χ4v) is 4.69. The third-order valence-electron chi connectivity index (χ3n) is 6.38. The fourth-order valence-electron chi connectivity index (χ4n) is 4.69. The molecule has 0 bridgehead atoms. The number of fused-ring (bicyclic) bond motifs is 3. The number of anilines is 1. The highest BCUT2D eigenvalue weighted by Crippen LogP contribution is 2.34. The number of hydrogen-bond donors (Lipinski definition) is 2. The summed E-state index contributed by atoms with van der Waals surface area (Å²) in [5, 5.41) is 16.8. The van der Waals surface area contributed by atoms with Gasteiger partial charge in [-0.2, -0.15) is 10.2 Å². The quantitative estimate of drug-likeness (QED) is 0.513. The normalized spacial score (nSPS) is 14.7. The van der Waals surface area contributed by atoms with E-state index in [1.54, 1.807) is 18.5 Å². The van der Waals surface area contributed by atoms with E-state index in [0.717, 1.165) is 59.1 Å². The van der Waals surface area contributed by atoms with Crippen LogP contribution in [0.4, 0.5) is 10.2 Å². The van der Waals surface area contributed by atoms with Gasteiger partial charge in [0.1, 0.15) is 17.4 Å². The molecule has 4 heterocycles. The maximum Gasteiger partial charge on any atom is 0.135 e. The van der Waals surface area contributed by atoms with Gasteiger partial charge in [-0.1, -0.05) is 18.2 Å². The Morgan fingerprint density at radius 3 is 2.84 bits per heavy atom. The standard InChI is InChI=1S/C25H22FN5O/c26-23-3-4-24-18(6-8-32-24)21(23)12-29-25-22-14-31-30-13-20(22)19(11-28-25)16-1-2-17-10-27-7-5-15(17)9-16/h1-4,9,11,13-14,27H,5-8,10,12H2,(H,28,29). The van der Waals surface area contributed by atoms with E-state index in [2.05, 4.69) is 44.0 Å². The molecule has 2 aromatic heterocycles. The van der Waals surface area contributed by atoms with Crippen molar-refractivity contribution in [2.75, 3.05) is 18.5 Å². The van der Waals surface area contributed by atoms with Crippen LogP contribution < -0.4 is 15.4 Å². The molecule has 2 N–H and O–H groups in total. The van der Waals surface area contributed by atoms with Crippen molar-refractivity contribution < 1.29 is 9.13 Å². The lowest BCUT2D eigenvalue weighted by Gasteiger charge is -2.18. The minimum absolute atomic E-state index is 0.231. The van der Waals surface area contributed by atoms with Crippen LogP contribution in [0.3, 0.4) is 0 Å². The Labute approximate surface area is 184 Å². The van der Waals surface area contributed by atoms with Crippen LogP contribution >= 0.6 is 0 Å². The molecule has 0 fully saturated rings. The molecule has 32 heavy (non-hydrogen) atoms. The molecule has 0 spiro atoms. The maximum absolute atomic E-state index is 14.5. The smallest absolute Gasteiger partial charge is 0.135 e. The van der Waals surface area contributed by atoms with Gasteiger partial charge in [-0.05, 0) is 41.8 Å². The maximum atomic E-state index is 14.5. The molecule has 0 saturated heterocycles. The first-order valence-electron chi connectivity index (χ1n) is 10.9. The summed E-state index contributed by atoms with van der Waals surface area (Å²) >= 11 is 0. The second kappa shape index (κ2) is 7.84. The van der Waals surface area contributed by atoms with E-state index in [9.17, 15) is 4.39 Å². The summed E-state index contributed by atoms with van der Waals surface area (Å²) in [5.74, 6) is 1.20. The molecular formula is C25H22FN5O. The second-order valence-electron chi connectivity index (χ2n) is 8.20. The fraction of sp³-hybridized carbons (Fsp3) is 0.240. The van der Waals surface area contributed by atoms with Gasteiger partial charge in [-0.3, -0.25) is 0 Å². The molecule has 0 saturated carbocycles. The highest BCUT2D eigenvalue weighted by atomic mass is 19.1. The number of halogens is 1. The number of hydrogen-bond acceptors (Lipinski definition) is 6. The van der Waals surface area contributed by atoms with E-state index in [1.807, 2.05) is 6.20 Å². The van der Waals surface area contributed by atoms with E-state index >= 15 is 0 Å². The zero-order valence-corrected chi connectivity index (χ0v) is 17.5. The molecule has 0 unspecified atom stereocenters. The van der Waals surface area contributed by atoms with Crippen LogP contribution in [0.2, 0.25) is 0 Å². The SMILES string of the molecule is Fc1ccc2c(c1CNc1ncc(-c3ccc4c(c3)CCNC4)c3cnncc13)CCO2. The Morgan fingerprint density at radius 2 is 1.91 bits per heavy atom. The predicted octanol–water partition coefficient (Wildman–Crippen LogP) is 4.02. The Hall–Kier alpha value is -3.58. The first-order chi connectivity index (χ1) is 15.8. The molecule has 4 aromatic rings. The van der Waals surface area contributed by atoms with Crippen LogP contribution in [0.1, 0.15) is 22.3 Å². The molecular weight excluding hydrogens is 405 g/mol. The minimum Gasteiger partial charge on any atom is -0.493 e. The second-order valence-corrected chi connectivity index (χ2v) is 8.20. The molecule has 0 aliphatic carbocycles. The van der Waals surface area contributed by atoms with Crippen LogP contribution in [-0.4, -0.2) is 28.3 Å². The summed E-state index contributed by atoms with van der Waals surface area (Å²) in [6.45, 7) is 2.82. The summed E-state index contributed by atoms with van der Waals surface area (Å²) < 4.78 is 20.1. The molecule has 6 rings (SSSR count). The van der Waals surface area contributed by atoms with Crippen LogP contribution in [-0.2, 0) is 25.9 Å². The highest BCUT2D eigenvalue weighted by molar-refractivity contribution is 6.00. The molecule has 0 atom stereocenters. The van der Waals surface area contributed by atoms with Crippen molar-refractivity contribution in [1.29, 1.82) is 0 Å². The lowest BCUT2D eigenvalue weighted by molar-refractivity contribution is 0.356. The number of rotatable bonds is 4. The largest absolute Gasteiger partial charge is 0.493 e. The third kappa shape index (κ3) is 3.26. The van der Waals surface area contributed by atoms with E-state index in [1.165, 1.54) is 17.2 Å². The zero-order chi connectivity index (χ0) is 21.5. The van der Waals surface area contributed by atoms with Crippen LogP contribution in [0, 0.1) is 5.82 Å². The van der Waals surface area contributed by atoms with Gasteiger partial charge in [0.25, 0.3) is 0 Å². The van der Waals surface area contributed by atoms with Gasteiger partial charge in [0.15, 0.2) is 0 Å². The van der Waals surface area contributed by atoms with Gasteiger partial charge < -0.3 is 15.4 Å². The van der Waals surface area contributed by atoms with Crippen LogP contribution in [0.5, 0.6) is 5.75 Å². The molecule has 2 aliphatic rings. The summed E-state index contributed by atoms with van der Waals surface area (Å²) in [6.07, 6.45) is 7.09. The number of nitrogens with one attached hydrogen (secondary N) is 2. The first kappa shape index (κ1) is 19.1. The van der Waals surface area contributed by atoms with Crippen molar-refractivity contribution in [1.82, 2.24) is 20.5 Å². The Bertz CT molecular complexity index is 1340. The number of ether oxygens (including phenoxy) is 1. The Morgan fingerprint density at radius 1 is 1.00 bits per heavy atom. The van der Waals surface area contributed by atoms with Crippen molar-refractivity contribution >= 4 is 16.6 Å². The average molecular weight is 427 g/mol. The molecule has 0 amide bonds. The van der Waals surface area contributed by atoms with Crippen molar-refractivity contribution in [2.45, 2.75) is 25.9 Å². The lowest BCUT2D eigenvalue weighted by atomic mass is 9.94. The van der Waals surface area contributed by atoms with E-state index < -0.39 is 0 Å². The molecule has 0 radical (unpaired) electrons. The number of benzene rings is 2. The minimum atomic E-state index is -0.231. The predicted molar refractivity (Wildman–Crippen MR) is 121 cm³/mol. The number of nitrogens with zero attached hydrogens (tertiary/aromatic N) is 3. The molecule has 2 aromatic carbocycles. The molecule has 7 heteroatoms. The molecule has 2 aliphatic heterocycles. The van der Waals surface area contributed by atoms with Gasteiger partial charge >= 0.3 is 0 Å². The third-order valence-corrected chi connectivity index (χ3v) is 6.38. The Kier molecular flexibility index (Phi) is 4.69. The summed E-state index contributed by atoms with van der Waals surface area (Å²) in [7, 11) is 0. The van der Waals surface area contributed by atoms with Crippen LogP contribution in [0.15, 0.2) is 48.9 Å². The van der Waals surface area contributed by atoms with Gasteiger partial charge in [-0.25, -0.2) is 9.37 Å². The monoisotopic (exact) mass is 427 g/mol. The number of pyridine rings is 1. The zero-order valence-electron chi connectivity index (χ0n) is 17.5. The highest BCUT2D eigenvalue weighted by Gasteiger charge is 2.20. The van der Waals surface area contributed by atoms with E-state index in [-0.39, 0.29) is 5.82 Å². The van der Waals surface area contributed by atoms with Crippen molar-refractivity contribution in [3.05, 3.63) is 77.0 Å². The topological polar surface area (TPSA) is 72.0 Å². The molecule has 160 valence electrons. The lowest BCUT2D eigenvalue weighted by Crippen LogP contribution is -2.23. The van der Waals surface area contributed by atoms with E-state index in [0.29, 0.717) is 24.5 Å². The van der Waals surface area contributed by atoms with Crippen LogP contribution in [0.25, 0.3) is 21.9 Å².